The Balaban J connectivity index is 1.47. The van der Waals surface area contributed by atoms with Crippen molar-refractivity contribution in [1.29, 1.82) is 0 Å². The first-order valence-electron chi connectivity index (χ1n) is 9.52. The quantitative estimate of drug-likeness (QED) is 0.152. The maximum Gasteiger partial charge on any atom is 0.404 e. The Labute approximate surface area is 208 Å². The maximum atomic E-state index is 12.2. The van der Waals surface area contributed by atoms with Gasteiger partial charge in [-0.2, -0.15) is 14.8 Å². The van der Waals surface area contributed by atoms with Crippen LogP contribution >= 0.6 is 38.5 Å². The number of hydrogen-bond acceptors (Lipinski definition) is 9. The van der Waals surface area contributed by atoms with Crippen LogP contribution in [0.3, 0.4) is 0 Å². The molecule has 0 aliphatic carbocycles. The van der Waals surface area contributed by atoms with Crippen LogP contribution in [-0.2, 0) is 17.9 Å². The predicted octanol–water partition coefficient (Wildman–Crippen LogP) is 1.26. The molecule has 33 heavy (non-hydrogen) atoms. The standard InChI is InChI=1S/C17H19BrIN9O5/c1-8-14(19)10(3)27(23-8)7-12(29)20-4-5-21-16(30)17-22-11(25-33-17)6-26-9(2)13(18)15(24-26)28(31)32/h4-7H2,1-3H3,(H,20,29)(H,21,30). The Morgan fingerprint density at radius 3 is 2.45 bits per heavy atom. The molecule has 3 heterocycles. The molecule has 0 fully saturated rings. The average Bonchev–Trinajstić information content (AvgIpc) is 3.41. The molecular formula is C17H19BrIN9O5. The number of nitrogens with one attached hydrogen (secondary N) is 2. The summed E-state index contributed by atoms with van der Waals surface area (Å²) in [5.74, 6) is -1.32. The fraction of sp³-hybridized carbons (Fsp3) is 0.412. The summed E-state index contributed by atoms with van der Waals surface area (Å²) < 4.78 is 9.17. The van der Waals surface area contributed by atoms with E-state index in [0.717, 1.165) is 15.0 Å². The van der Waals surface area contributed by atoms with E-state index < -0.39 is 10.8 Å². The summed E-state index contributed by atoms with van der Waals surface area (Å²) in [5.41, 5.74) is 2.28. The molecule has 0 aromatic carbocycles. The van der Waals surface area contributed by atoms with Crippen LogP contribution in [0.15, 0.2) is 9.00 Å². The Morgan fingerprint density at radius 2 is 1.85 bits per heavy atom. The van der Waals surface area contributed by atoms with Crippen LogP contribution in [0.1, 0.15) is 33.6 Å². The number of nitrogens with zero attached hydrogens (tertiary/aromatic N) is 7. The van der Waals surface area contributed by atoms with E-state index >= 15 is 0 Å². The summed E-state index contributed by atoms with van der Waals surface area (Å²) in [4.78, 5) is 38.6. The van der Waals surface area contributed by atoms with Crippen LogP contribution in [-0.4, -0.2) is 59.5 Å². The highest BCUT2D eigenvalue weighted by molar-refractivity contribution is 14.1. The van der Waals surface area contributed by atoms with Crippen molar-refractivity contribution in [3.05, 3.63) is 47.0 Å². The molecule has 14 nitrogen and oxygen atoms in total. The first-order chi connectivity index (χ1) is 15.6. The van der Waals surface area contributed by atoms with Crippen LogP contribution in [0.2, 0.25) is 0 Å². The molecule has 3 aromatic heterocycles. The molecule has 0 spiro atoms. The van der Waals surface area contributed by atoms with Crippen LogP contribution in [0.25, 0.3) is 0 Å². The van der Waals surface area contributed by atoms with E-state index in [9.17, 15) is 19.7 Å². The second kappa shape index (κ2) is 10.4. The van der Waals surface area contributed by atoms with Gasteiger partial charge in [0, 0.05) is 18.8 Å². The molecule has 3 aromatic rings. The molecule has 0 aliphatic heterocycles. The zero-order chi connectivity index (χ0) is 24.3. The number of aryl methyl sites for hydroxylation is 1. The molecule has 0 unspecified atom stereocenters. The maximum absolute atomic E-state index is 12.2. The van der Waals surface area contributed by atoms with E-state index in [2.05, 4.69) is 69.5 Å². The minimum Gasteiger partial charge on any atom is -0.358 e. The Kier molecular flexibility index (Phi) is 7.77. The molecule has 0 atom stereocenters. The average molecular weight is 636 g/mol. The van der Waals surface area contributed by atoms with E-state index in [1.54, 1.807) is 11.6 Å². The van der Waals surface area contributed by atoms with Gasteiger partial charge in [0.1, 0.15) is 17.6 Å². The lowest BCUT2D eigenvalue weighted by molar-refractivity contribution is -0.390. The Bertz CT molecular complexity index is 1220. The van der Waals surface area contributed by atoms with Crippen molar-refractivity contribution >= 4 is 56.2 Å². The van der Waals surface area contributed by atoms with Crippen molar-refractivity contribution in [3.63, 3.8) is 0 Å². The number of hydrogen-bond donors (Lipinski definition) is 2. The van der Waals surface area contributed by atoms with Gasteiger partial charge in [0.2, 0.25) is 5.91 Å². The van der Waals surface area contributed by atoms with Gasteiger partial charge in [-0.1, -0.05) is 5.16 Å². The third kappa shape index (κ3) is 5.73. The zero-order valence-electron chi connectivity index (χ0n) is 17.8. The van der Waals surface area contributed by atoms with Gasteiger partial charge in [-0.3, -0.25) is 14.3 Å². The zero-order valence-corrected chi connectivity index (χ0v) is 21.5. The summed E-state index contributed by atoms with van der Waals surface area (Å²) >= 11 is 5.31. The minimum atomic E-state index is -0.612. The van der Waals surface area contributed by atoms with Gasteiger partial charge < -0.3 is 25.3 Å². The van der Waals surface area contributed by atoms with Gasteiger partial charge >= 0.3 is 17.6 Å². The fourth-order valence-electron chi connectivity index (χ4n) is 2.80. The SMILES string of the molecule is Cc1nn(CC(=O)NCCNC(=O)c2nc(Cn3nc([N+](=O)[O-])c(Br)c3C)no2)c(C)c1I. The first-order valence-corrected chi connectivity index (χ1v) is 11.4. The lowest BCUT2D eigenvalue weighted by atomic mass is 10.4. The summed E-state index contributed by atoms with van der Waals surface area (Å²) in [6.07, 6.45) is 0. The smallest absolute Gasteiger partial charge is 0.358 e. The van der Waals surface area contributed by atoms with E-state index in [0.29, 0.717) is 5.69 Å². The number of nitro groups is 1. The summed E-state index contributed by atoms with van der Waals surface area (Å²) in [6, 6.07) is 0. The van der Waals surface area contributed by atoms with Crippen LogP contribution < -0.4 is 10.6 Å². The normalized spacial score (nSPS) is 10.9. The summed E-state index contributed by atoms with van der Waals surface area (Å²) in [7, 11) is 0. The number of halogens is 2. The van der Waals surface area contributed by atoms with E-state index in [1.165, 1.54) is 4.68 Å². The first kappa shape index (κ1) is 24.7. The number of aromatic nitrogens is 6. The van der Waals surface area contributed by atoms with Crippen molar-refractivity contribution in [2.75, 3.05) is 13.1 Å². The Hall–Kier alpha value is -2.89. The topological polar surface area (TPSA) is 176 Å². The van der Waals surface area contributed by atoms with Crippen LogP contribution in [0.5, 0.6) is 0 Å². The molecule has 0 saturated carbocycles. The molecule has 0 bridgehead atoms. The number of carbonyl (C=O) groups is 2. The van der Waals surface area contributed by atoms with Gasteiger partial charge in [0.25, 0.3) is 0 Å². The van der Waals surface area contributed by atoms with Crippen LogP contribution in [0.4, 0.5) is 5.82 Å². The minimum absolute atomic E-state index is 0.0175. The van der Waals surface area contributed by atoms with Crippen molar-refractivity contribution in [3.8, 4) is 0 Å². The van der Waals surface area contributed by atoms with Crippen molar-refractivity contribution in [2.45, 2.75) is 33.9 Å². The van der Waals surface area contributed by atoms with Crippen molar-refractivity contribution in [2.24, 2.45) is 0 Å². The van der Waals surface area contributed by atoms with Gasteiger partial charge in [-0.25, -0.2) is 0 Å². The molecule has 0 aliphatic rings. The molecule has 176 valence electrons. The molecular weight excluding hydrogens is 617 g/mol. The monoisotopic (exact) mass is 635 g/mol. The van der Waals surface area contributed by atoms with E-state index in [1.807, 2.05) is 13.8 Å². The molecule has 16 heteroatoms. The second-order valence-corrected chi connectivity index (χ2v) is 8.77. The highest BCUT2D eigenvalue weighted by Gasteiger charge is 2.25. The second-order valence-electron chi connectivity index (χ2n) is 6.90. The highest BCUT2D eigenvalue weighted by Crippen LogP contribution is 2.27. The van der Waals surface area contributed by atoms with Gasteiger partial charge in [-0.05, 0) is 64.2 Å². The van der Waals surface area contributed by atoms with Crippen molar-refractivity contribution < 1.29 is 19.0 Å². The molecule has 0 saturated heterocycles. The molecule has 0 radical (unpaired) electrons. The van der Waals surface area contributed by atoms with Crippen molar-refractivity contribution in [1.82, 2.24) is 40.3 Å². The van der Waals surface area contributed by atoms with E-state index in [4.69, 9.17) is 4.52 Å². The largest absolute Gasteiger partial charge is 0.404 e. The highest BCUT2D eigenvalue weighted by atomic mass is 127. The third-order valence-corrected chi connectivity index (χ3v) is 7.05. The third-order valence-electron chi connectivity index (χ3n) is 4.56. The van der Waals surface area contributed by atoms with Gasteiger partial charge in [0.05, 0.1) is 20.1 Å². The molecule has 2 N–H and O–H groups in total. The lowest BCUT2D eigenvalue weighted by Gasteiger charge is -2.07. The number of amides is 2. The molecule has 2 amide bonds. The van der Waals surface area contributed by atoms with Crippen LogP contribution in [0, 0.1) is 34.5 Å². The molecule has 3 rings (SSSR count). The van der Waals surface area contributed by atoms with Gasteiger partial charge in [-0.15, -0.1) is 0 Å². The lowest BCUT2D eigenvalue weighted by Crippen LogP contribution is -2.36. The van der Waals surface area contributed by atoms with Gasteiger partial charge in [0.15, 0.2) is 5.82 Å². The predicted molar refractivity (Wildman–Crippen MR) is 124 cm³/mol. The number of carbonyl (C=O) groups excluding carboxylic acids is 2. The Morgan fingerprint density at radius 1 is 1.15 bits per heavy atom. The summed E-state index contributed by atoms with van der Waals surface area (Å²) in [5, 5.41) is 28.1. The fourth-order valence-corrected chi connectivity index (χ4v) is 3.61. The summed E-state index contributed by atoms with van der Waals surface area (Å²) in [6.45, 7) is 5.82. The number of rotatable bonds is 9. The van der Waals surface area contributed by atoms with E-state index in [-0.39, 0.29) is 54.1 Å².